The number of halogens is 1. The minimum atomic E-state index is 0.0202. The predicted octanol–water partition coefficient (Wildman–Crippen LogP) is 3.06. The Kier molecular flexibility index (Phi) is 5.92. The number of carbonyl (C=O) groups is 1. The van der Waals surface area contributed by atoms with E-state index in [1.165, 1.54) is 6.42 Å². The predicted molar refractivity (Wildman–Crippen MR) is 107 cm³/mol. The highest BCUT2D eigenvalue weighted by atomic mass is 35.5. The SMILES string of the molecule is CCC(=O)N1[C@@H]2CCC[C@H]1C[C@@H](N(C)c1nc(Cl)cc(O[C@@H]3CCOC3)n1)C2. The summed E-state index contributed by atoms with van der Waals surface area (Å²) in [5.74, 6) is 1.36. The fourth-order valence-corrected chi connectivity index (χ4v) is 4.97. The van der Waals surface area contributed by atoms with Gasteiger partial charge in [0.1, 0.15) is 11.3 Å². The van der Waals surface area contributed by atoms with Crippen LogP contribution in [0.2, 0.25) is 5.15 Å². The smallest absolute Gasteiger partial charge is 0.230 e. The van der Waals surface area contributed by atoms with Crippen molar-refractivity contribution in [2.75, 3.05) is 25.2 Å². The molecule has 0 N–H and O–H groups in total. The number of nitrogens with zero attached hydrogens (tertiary/aromatic N) is 4. The molecule has 3 fully saturated rings. The molecule has 28 heavy (non-hydrogen) atoms. The topological polar surface area (TPSA) is 67.8 Å². The van der Waals surface area contributed by atoms with Gasteiger partial charge < -0.3 is 19.3 Å². The summed E-state index contributed by atoms with van der Waals surface area (Å²) >= 11 is 6.26. The number of amides is 1. The van der Waals surface area contributed by atoms with Gasteiger partial charge in [-0.3, -0.25) is 4.79 Å². The Labute approximate surface area is 171 Å². The number of piperidine rings is 2. The van der Waals surface area contributed by atoms with Gasteiger partial charge in [-0.05, 0) is 32.1 Å². The molecule has 3 aliphatic rings. The number of ether oxygens (including phenoxy) is 2. The van der Waals surface area contributed by atoms with Crippen LogP contribution in [0.15, 0.2) is 6.07 Å². The van der Waals surface area contributed by atoms with Crippen molar-refractivity contribution in [1.82, 2.24) is 14.9 Å². The average molecular weight is 409 g/mol. The van der Waals surface area contributed by atoms with Crippen LogP contribution in [-0.4, -0.2) is 65.3 Å². The van der Waals surface area contributed by atoms with E-state index >= 15 is 0 Å². The first-order chi connectivity index (χ1) is 13.5. The lowest BCUT2D eigenvalue weighted by molar-refractivity contribution is -0.140. The molecule has 0 unspecified atom stereocenters. The summed E-state index contributed by atoms with van der Waals surface area (Å²) in [6.45, 7) is 3.25. The maximum atomic E-state index is 12.4. The summed E-state index contributed by atoms with van der Waals surface area (Å²) < 4.78 is 11.3. The summed E-state index contributed by atoms with van der Waals surface area (Å²) in [5, 5.41) is 0.379. The van der Waals surface area contributed by atoms with Crippen LogP contribution in [0.3, 0.4) is 0 Å². The van der Waals surface area contributed by atoms with E-state index in [1.54, 1.807) is 6.07 Å². The van der Waals surface area contributed by atoms with E-state index < -0.39 is 0 Å². The van der Waals surface area contributed by atoms with Gasteiger partial charge in [-0.1, -0.05) is 18.5 Å². The number of fused-ring (bicyclic) bond motifs is 2. The zero-order chi connectivity index (χ0) is 19.7. The van der Waals surface area contributed by atoms with Crippen molar-refractivity contribution in [2.45, 2.75) is 76.1 Å². The lowest BCUT2D eigenvalue weighted by atomic mass is 9.81. The van der Waals surface area contributed by atoms with Crippen LogP contribution in [-0.2, 0) is 9.53 Å². The Hall–Kier alpha value is -1.60. The summed E-state index contributed by atoms with van der Waals surface area (Å²) in [7, 11) is 2.02. The number of rotatable bonds is 5. The van der Waals surface area contributed by atoms with Gasteiger partial charge in [-0.2, -0.15) is 4.98 Å². The fourth-order valence-electron chi connectivity index (χ4n) is 4.80. The molecule has 3 aliphatic heterocycles. The van der Waals surface area contributed by atoms with Gasteiger partial charge in [0.2, 0.25) is 17.7 Å². The van der Waals surface area contributed by atoms with E-state index in [0.717, 1.165) is 32.1 Å². The van der Waals surface area contributed by atoms with E-state index in [4.69, 9.17) is 21.1 Å². The molecule has 0 aromatic carbocycles. The van der Waals surface area contributed by atoms with Crippen molar-refractivity contribution in [2.24, 2.45) is 0 Å². The second-order valence-electron chi connectivity index (χ2n) is 8.06. The van der Waals surface area contributed by atoms with Crippen LogP contribution in [0.25, 0.3) is 0 Å². The first-order valence-corrected chi connectivity index (χ1v) is 10.8. The van der Waals surface area contributed by atoms with Gasteiger partial charge in [0, 0.05) is 44.1 Å². The van der Waals surface area contributed by atoms with Crippen LogP contribution in [0, 0.1) is 0 Å². The molecule has 1 aromatic rings. The molecule has 0 spiro atoms. The fraction of sp³-hybridized carbons (Fsp3) is 0.750. The highest BCUT2D eigenvalue weighted by molar-refractivity contribution is 6.29. The quantitative estimate of drug-likeness (QED) is 0.697. The maximum absolute atomic E-state index is 12.4. The van der Waals surface area contributed by atoms with Crippen LogP contribution in [0.4, 0.5) is 5.95 Å². The lowest BCUT2D eigenvalue weighted by Gasteiger charge is -2.50. The van der Waals surface area contributed by atoms with Crippen molar-refractivity contribution in [1.29, 1.82) is 0 Å². The lowest BCUT2D eigenvalue weighted by Crippen LogP contribution is -2.58. The average Bonchev–Trinajstić information content (AvgIpc) is 3.18. The summed E-state index contributed by atoms with van der Waals surface area (Å²) in [6.07, 6.45) is 6.72. The second-order valence-corrected chi connectivity index (χ2v) is 8.45. The van der Waals surface area contributed by atoms with E-state index in [0.29, 0.717) is 48.7 Å². The first-order valence-electron chi connectivity index (χ1n) is 10.4. The standard InChI is InChI=1S/C20H29ClN4O3/c1-3-19(26)25-13-5-4-6-14(25)10-15(9-13)24(2)20-22-17(21)11-18(23-20)28-16-7-8-27-12-16/h11,13-16H,3-10,12H2,1-2H3/t13-,14+,15+,16-/m1/s1. The maximum Gasteiger partial charge on any atom is 0.230 e. The Morgan fingerprint density at radius 1 is 1.32 bits per heavy atom. The van der Waals surface area contributed by atoms with Crippen molar-refractivity contribution >= 4 is 23.5 Å². The van der Waals surface area contributed by atoms with Crippen LogP contribution >= 0.6 is 11.6 Å². The minimum absolute atomic E-state index is 0.0202. The molecule has 8 heteroatoms. The Morgan fingerprint density at radius 3 is 2.71 bits per heavy atom. The molecule has 0 saturated carbocycles. The number of anilines is 1. The molecule has 3 saturated heterocycles. The van der Waals surface area contributed by atoms with Gasteiger partial charge in [0.25, 0.3) is 0 Å². The Bertz CT molecular complexity index is 699. The molecule has 1 amide bonds. The molecule has 4 heterocycles. The van der Waals surface area contributed by atoms with Crippen LogP contribution in [0.5, 0.6) is 5.88 Å². The van der Waals surface area contributed by atoms with E-state index in [9.17, 15) is 4.79 Å². The largest absolute Gasteiger partial charge is 0.472 e. The molecule has 0 aliphatic carbocycles. The molecular weight excluding hydrogens is 380 g/mol. The zero-order valence-corrected chi connectivity index (χ0v) is 17.4. The van der Waals surface area contributed by atoms with Gasteiger partial charge in [-0.15, -0.1) is 0 Å². The van der Waals surface area contributed by atoms with Crippen molar-refractivity contribution in [3.8, 4) is 5.88 Å². The van der Waals surface area contributed by atoms with Crippen molar-refractivity contribution in [3.63, 3.8) is 0 Å². The Balaban J connectivity index is 1.49. The van der Waals surface area contributed by atoms with Crippen LogP contribution in [0.1, 0.15) is 51.9 Å². The van der Waals surface area contributed by atoms with Gasteiger partial charge in [0.15, 0.2) is 0 Å². The Morgan fingerprint density at radius 2 is 2.07 bits per heavy atom. The van der Waals surface area contributed by atoms with Crippen LogP contribution < -0.4 is 9.64 Å². The summed E-state index contributed by atoms with van der Waals surface area (Å²) in [6, 6.07) is 2.59. The van der Waals surface area contributed by atoms with E-state index in [-0.39, 0.29) is 18.1 Å². The number of hydrogen-bond acceptors (Lipinski definition) is 6. The van der Waals surface area contributed by atoms with Crippen molar-refractivity contribution in [3.05, 3.63) is 11.2 Å². The van der Waals surface area contributed by atoms with Gasteiger partial charge in [-0.25, -0.2) is 4.98 Å². The third-order valence-electron chi connectivity index (χ3n) is 6.24. The molecule has 7 nitrogen and oxygen atoms in total. The molecular formula is C20H29ClN4O3. The molecule has 2 bridgehead atoms. The first kappa shape index (κ1) is 19.7. The minimum Gasteiger partial charge on any atom is -0.472 e. The molecule has 0 radical (unpaired) electrons. The number of carbonyl (C=O) groups excluding carboxylic acids is 1. The van der Waals surface area contributed by atoms with Crippen molar-refractivity contribution < 1.29 is 14.3 Å². The third kappa shape index (κ3) is 4.06. The molecule has 4 atom stereocenters. The summed E-state index contributed by atoms with van der Waals surface area (Å²) in [5.41, 5.74) is 0. The molecule has 154 valence electrons. The second kappa shape index (κ2) is 8.41. The highest BCUT2D eigenvalue weighted by Gasteiger charge is 2.41. The van der Waals surface area contributed by atoms with E-state index in [2.05, 4.69) is 19.8 Å². The third-order valence-corrected chi connectivity index (χ3v) is 6.43. The van der Waals surface area contributed by atoms with E-state index in [1.807, 2.05) is 14.0 Å². The molecule has 1 aromatic heterocycles. The highest BCUT2D eigenvalue weighted by Crippen LogP contribution is 2.37. The monoisotopic (exact) mass is 408 g/mol. The summed E-state index contributed by atoms with van der Waals surface area (Å²) in [4.78, 5) is 25.7. The normalized spacial score (nSPS) is 29.6. The molecule has 4 rings (SSSR count). The zero-order valence-electron chi connectivity index (χ0n) is 16.6. The number of hydrogen-bond donors (Lipinski definition) is 0. The van der Waals surface area contributed by atoms with Gasteiger partial charge in [0.05, 0.1) is 13.2 Å². The van der Waals surface area contributed by atoms with Gasteiger partial charge >= 0.3 is 0 Å². The number of aromatic nitrogens is 2.